The molecule has 2 fully saturated rings. The number of carbonyl (C=O) groups is 2. The maximum atomic E-state index is 13.8. The van der Waals surface area contributed by atoms with Crippen molar-refractivity contribution in [3.63, 3.8) is 0 Å². The zero-order chi connectivity index (χ0) is 22.5. The molecule has 0 amide bonds. The van der Waals surface area contributed by atoms with E-state index in [-0.39, 0.29) is 35.0 Å². The van der Waals surface area contributed by atoms with E-state index in [2.05, 4.69) is 4.90 Å². The Morgan fingerprint density at radius 1 is 1.19 bits per heavy atom. The zero-order valence-electron chi connectivity index (χ0n) is 17.6. The fourth-order valence-corrected chi connectivity index (χ4v) is 6.14. The molecule has 2 aromatic rings. The number of nitrogens with zero attached hydrogens (tertiary/aromatic N) is 1. The molecular formula is C25H25ClFNO4. The molecule has 3 heterocycles. The summed E-state index contributed by atoms with van der Waals surface area (Å²) in [5, 5.41) is 10.1. The standard InChI is InChI=1S/C25H25ClFNO4/c26-22-4-2-1-3-19(22)23(29)20(24(30)31)14-28-17-6-7-18(28)13-25(12-17)21-8-5-16(27)11-15(21)9-10-32-25/h1-5,8,11,17-18,20H,6-7,9-10,12-14H2,(H,30,31). The molecule has 2 aromatic carbocycles. The van der Waals surface area contributed by atoms with Crippen LogP contribution in [0.2, 0.25) is 5.02 Å². The van der Waals surface area contributed by atoms with Crippen molar-refractivity contribution in [2.24, 2.45) is 5.92 Å². The van der Waals surface area contributed by atoms with E-state index in [0.717, 1.165) is 36.8 Å². The molecule has 5 nitrogen and oxygen atoms in total. The fraction of sp³-hybridized carbons (Fsp3) is 0.440. The zero-order valence-corrected chi connectivity index (χ0v) is 18.4. The van der Waals surface area contributed by atoms with Gasteiger partial charge in [0.2, 0.25) is 0 Å². The van der Waals surface area contributed by atoms with E-state index in [9.17, 15) is 19.1 Å². The lowest BCUT2D eigenvalue weighted by atomic mass is 9.76. The van der Waals surface area contributed by atoms with Crippen molar-refractivity contribution in [1.29, 1.82) is 0 Å². The molecule has 1 N–H and O–H groups in total. The van der Waals surface area contributed by atoms with E-state index in [4.69, 9.17) is 16.3 Å². The van der Waals surface area contributed by atoms with Gasteiger partial charge in [-0.3, -0.25) is 14.5 Å². The second-order valence-corrected chi connectivity index (χ2v) is 9.53. The Balaban J connectivity index is 1.39. The number of carboxylic acids is 1. The predicted octanol–water partition coefficient (Wildman–Crippen LogP) is 4.46. The van der Waals surface area contributed by atoms with Crippen molar-refractivity contribution in [3.05, 3.63) is 70.0 Å². The van der Waals surface area contributed by atoms with Crippen LogP contribution in [0.25, 0.3) is 0 Å². The molecule has 2 saturated heterocycles. The average molecular weight is 458 g/mol. The SMILES string of the molecule is O=C(O)C(CN1C2CCC1CC1(C2)OCCc2cc(F)ccc21)C(=O)c1ccccc1Cl. The monoisotopic (exact) mass is 457 g/mol. The number of rotatable bonds is 5. The highest BCUT2D eigenvalue weighted by Crippen LogP contribution is 2.50. The van der Waals surface area contributed by atoms with E-state index < -0.39 is 23.3 Å². The van der Waals surface area contributed by atoms with Gasteiger partial charge in [-0.2, -0.15) is 0 Å². The minimum Gasteiger partial charge on any atom is -0.481 e. The molecule has 5 rings (SSSR count). The van der Waals surface area contributed by atoms with Crippen LogP contribution in [0.15, 0.2) is 42.5 Å². The first kappa shape index (κ1) is 21.6. The number of carbonyl (C=O) groups excluding carboxylic acids is 1. The van der Waals surface area contributed by atoms with Gasteiger partial charge in [-0.1, -0.05) is 29.8 Å². The highest BCUT2D eigenvalue weighted by atomic mass is 35.5. The Hall–Kier alpha value is -2.28. The lowest BCUT2D eigenvalue weighted by molar-refractivity contribution is -0.143. The number of piperidine rings is 1. The number of benzene rings is 2. The summed E-state index contributed by atoms with van der Waals surface area (Å²) in [5.41, 5.74) is 1.84. The second kappa shape index (κ2) is 8.25. The Bertz CT molecular complexity index is 1060. The first-order valence-electron chi connectivity index (χ1n) is 11.1. The van der Waals surface area contributed by atoms with Crippen LogP contribution < -0.4 is 0 Å². The summed E-state index contributed by atoms with van der Waals surface area (Å²) in [6, 6.07) is 11.8. The highest BCUT2D eigenvalue weighted by Gasteiger charge is 2.52. The summed E-state index contributed by atoms with van der Waals surface area (Å²) in [4.78, 5) is 27.3. The van der Waals surface area contributed by atoms with Crippen molar-refractivity contribution in [1.82, 2.24) is 4.90 Å². The molecule has 3 unspecified atom stereocenters. The van der Waals surface area contributed by atoms with Gasteiger partial charge in [0.1, 0.15) is 11.7 Å². The molecule has 0 saturated carbocycles. The van der Waals surface area contributed by atoms with Crippen molar-refractivity contribution < 1.29 is 23.8 Å². The Kier molecular flexibility index (Phi) is 5.56. The Morgan fingerprint density at radius 2 is 1.91 bits per heavy atom. The molecule has 2 bridgehead atoms. The van der Waals surface area contributed by atoms with E-state index in [1.807, 2.05) is 6.07 Å². The number of aliphatic carboxylic acids is 1. The Labute approximate surface area is 191 Å². The highest BCUT2D eigenvalue weighted by molar-refractivity contribution is 6.34. The summed E-state index contributed by atoms with van der Waals surface area (Å²) in [5.74, 6) is -3.01. The molecule has 3 aliphatic heterocycles. The first-order valence-corrected chi connectivity index (χ1v) is 11.5. The van der Waals surface area contributed by atoms with Crippen molar-refractivity contribution >= 4 is 23.4 Å². The number of Topliss-reactive ketones (excluding diaryl/α,β-unsaturated/α-hetero) is 1. The van der Waals surface area contributed by atoms with Crippen LogP contribution in [0.4, 0.5) is 4.39 Å². The van der Waals surface area contributed by atoms with Crippen LogP contribution in [0.3, 0.4) is 0 Å². The summed E-state index contributed by atoms with van der Waals surface area (Å²) in [6.07, 6.45) is 3.99. The lowest BCUT2D eigenvalue weighted by Crippen LogP contribution is -2.54. The number of halogens is 2. The van der Waals surface area contributed by atoms with Crippen LogP contribution in [-0.2, 0) is 21.6 Å². The molecule has 7 heteroatoms. The summed E-state index contributed by atoms with van der Waals surface area (Å²) in [7, 11) is 0. The molecule has 168 valence electrons. The maximum absolute atomic E-state index is 13.8. The van der Waals surface area contributed by atoms with Crippen LogP contribution in [0.5, 0.6) is 0 Å². The molecule has 3 atom stereocenters. The van der Waals surface area contributed by atoms with Crippen molar-refractivity contribution in [2.45, 2.75) is 49.8 Å². The van der Waals surface area contributed by atoms with Gasteiger partial charge in [0, 0.05) is 24.2 Å². The van der Waals surface area contributed by atoms with Crippen molar-refractivity contribution in [2.75, 3.05) is 13.2 Å². The molecule has 32 heavy (non-hydrogen) atoms. The van der Waals surface area contributed by atoms with Crippen LogP contribution in [-0.4, -0.2) is 47.0 Å². The molecule has 0 aliphatic carbocycles. The number of carboxylic acid groups (broad SMARTS) is 1. The molecular weight excluding hydrogens is 433 g/mol. The molecule has 1 spiro atoms. The van der Waals surface area contributed by atoms with Crippen LogP contribution >= 0.6 is 11.6 Å². The van der Waals surface area contributed by atoms with Gasteiger partial charge in [-0.15, -0.1) is 0 Å². The number of ketones is 1. The van der Waals surface area contributed by atoms with E-state index in [1.165, 1.54) is 6.07 Å². The molecule has 3 aliphatic rings. The molecule has 0 aromatic heterocycles. The van der Waals surface area contributed by atoms with Crippen LogP contribution in [0.1, 0.15) is 47.2 Å². The number of ether oxygens (including phenoxy) is 1. The topological polar surface area (TPSA) is 66.8 Å². The van der Waals surface area contributed by atoms with E-state index >= 15 is 0 Å². The van der Waals surface area contributed by atoms with Crippen molar-refractivity contribution in [3.8, 4) is 0 Å². The maximum Gasteiger partial charge on any atom is 0.315 e. The Morgan fingerprint density at radius 3 is 2.59 bits per heavy atom. The van der Waals surface area contributed by atoms with Gasteiger partial charge in [-0.05, 0) is 67.5 Å². The summed E-state index contributed by atoms with van der Waals surface area (Å²) < 4.78 is 20.1. The fourth-order valence-electron chi connectivity index (χ4n) is 5.91. The largest absolute Gasteiger partial charge is 0.481 e. The van der Waals surface area contributed by atoms with Crippen LogP contribution in [0, 0.1) is 11.7 Å². The predicted molar refractivity (Wildman–Crippen MR) is 117 cm³/mol. The van der Waals surface area contributed by atoms with Gasteiger partial charge in [0.25, 0.3) is 0 Å². The van der Waals surface area contributed by atoms with E-state index in [0.29, 0.717) is 13.0 Å². The molecule has 0 radical (unpaired) electrons. The average Bonchev–Trinajstić information content (AvgIpc) is 3.00. The smallest absolute Gasteiger partial charge is 0.315 e. The second-order valence-electron chi connectivity index (χ2n) is 9.12. The minimum atomic E-state index is -1.18. The summed E-state index contributed by atoms with van der Waals surface area (Å²) in [6.45, 7) is 0.708. The van der Waals surface area contributed by atoms with Gasteiger partial charge in [0.05, 0.1) is 17.2 Å². The third kappa shape index (κ3) is 3.64. The quantitative estimate of drug-likeness (QED) is 0.530. The van der Waals surface area contributed by atoms with Gasteiger partial charge in [0.15, 0.2) is 5.78 Å². The van der Waals surface area contributed by atoms with E-state index in [1.54, 1.807) is 30.3 Å². The number of fused-ring (bicyclic) bond motifs is 4. The van der Waals surface area contributed by atoms with Gasteiger partial charge in [-0.25, -0.2) is 4.39 Å². The lowest BCUT2D eigenvalue weighted by Gasteiger charge is -2.49. The third-order valence-corrected chi connectivity index (χ3v) is 7.69. The minimum absolute atomic E-state index is 0.116. The third-order valence-electron chi connectivity index (χ3n) is 7.36. The normalized spacial score (nSPS) is 27.8. The van der Waals surface area contributed by atoms with Gasteiger partial charge >= 0.3 is 5.97 Å². The number of hydrogen-bond acceptors (Lipinski definition) is 4. The summed E-state index contributed by atoms with van der Waals surface area (Å²) >= 11 is 6.17. The number of hydrogen-bond donors (Lipinski definition) is 1. The van der Waals surface area contributed by atoms with Gasteiger partial charge < -0.3 is 9.84 Å². The first-order chi connectivity index (χ1) is 15.4.